The summed E-state index contributed by atoms with van der Waals surface area (Å²) in [5, 5.41) is 10.9. The van der Waals surface area contributed by atoms with Crippen LogP contribution in [0.5, 0.6) is 5.75 Å². The maximum Gasteiger partial charge on any atom is 0.294 e. The van der Waals surface area contributed by atoms with Gasteiger partial charge in [-0.3, -0.25) is 19.0 Å². The molecule has 0 aliphatic carbocycles. The minimum absolute atomic E-state index is 0.217. The largest absolute Gasteiger partial charge is 0.497 e. The second-order valence-electron chi connectivity index (χ2n) is 10.2. The number of aromatic nitrogens is 4. The molecule has 0 aliphatic heterocycles. The number of nitrogens with zero attached hydrogens (tertiary/aromatic N) is 4. The molecule has 0 radical (unpaired) electrons. The second kappa shape index (κ2) is 11.5. The number of nitrogens with one attached hydrogen (secondary N) is 1. The van der Waals surface area contributed by atoms with Gasteiger partial charge in [-0.1, -0.05) is 56.3 Å². The second-order valence-corrected chi connectivity index (χ2v) is 10.2. The molecule has 0 saturated heterocycles. The van der Waals surface area contributed by atoms with Crippen molar-refractivity contribution in [3.05, 3.63) is 88.5 Å². The summed E-state index contributed by atoms with van der Waals surface area (Å²) in [6.07, 6.45) is 1.44. The van der Waals surface area contributed by atoms with Crippen molar-refractivity contribution in [2.45, 2.75) is 45.7 Å². The minimum atomic E-state index is -0.972. The molecule has 0 saturated carbocycles. The zero-order valence-electron chi connectivity index (χ0n) is 23.0. The number of anilines is 1. The predicted molar refractivity (Wildman–Crippen MR) is 149 cm³/mol. The predicted octanol–water partition coefficient (Wildman–Crippen LogP) is 3.23. The topological polar surface area (TPSA) is 155 Å². The van der Waals surface area contributed by atoms with E-state index < -0.39 is 28.7 Å². The molecule has 0 unspecified atom stereocenters. The molecule has 2 heterocycles. The van der Waals surface area contributed by atoms with Crippen molar-refractivity contribution in [1.82, 2.24) is 25.1 Å². The highest BCUT2D eigenvalue weighted by molar-refractivity contribution is 5.98. The van der Waals surface area contributed by atoms with Crippen LogP contribution in [0.2, 0.25) is 0 Å². The van der Waals surface area contributed by atoms with Crippen molar-refractivity contribution in [3.63, 3.8) is 0 Å². The van der Waals surface area contributed by atoms with Gasteiger partial charge in [-0.2, -0.15) is 0 Å². The zero-order valence-corrected chi connectivity index (χ0v) is 23.0. The van der Waals surface area contributed by atoms with Gasteiger partial charge in [0.15, 0.2) is 5.82 Å². The fraction of sp³-hybridized carbons (Fsp3) is 0.310. The maximum absolute atomic E-state index is 13.4. The summed E-state index contributed by atoms with van der Waals surface area (Å²) < 4.78 is 12.3. The molecule has 0 spiro atoms. The minimum Gasteiger partial charge on any atom is -0.497 e. The van der Waals surface area contributed by atoms with E-state index in [0.717, 1.165) is 5.56 Å². The lowest BCUT2D eigenvalue weighted by Gasteiger charge is -2.22. The van der Waals surface area contributed by atoms with Crippen LogP contribution in [0.4, 0.5) is 5.82 Å². The lowest BCUT2D eigenvalue weighted by Crippen LogP contribution is -2.46. The summed E-state index contributed by atoms with van der Waals surface area (Å²) in [4.78, 5) is 43.3. The van der Waals surface area contributed by atoms with E-state index in [1.165, 1.54) is 10.8 Å². The van der Waals surface area contributed by atoms with E-state index in [4.69, 9.17) is 14.9 Å². The lowest BCUT2D eigenvalue weighted by atomic mass is 9.84. The van der Waals surface area contributed by atoms with Crippen molar-refractivity contribution < 1.29 is 18.7 Å². The number of nitrogens with two attached hydrogens (primary N) is 1. The molecule has 0 aliphatic rings. The molecule has 1 amide bonds. The summed E-state index contributed by atoms with van der Waals surface area (Å²) in [6, 6.07) is 15.5. The van der Waals surface area contributed by atoms with Crippen molar-refractivity contribution >= 4 is 17.5 Å². The first-order valence-electron chi connectivity index (χ1n) is 12.8. The number of ketones is 1. The normalized spacial score (nSPS) is 12.2. The molecule has 11 heteroatoms. The third kappa shape index (κ3) is 5.78. The highest BCUT2D eigenvalue weighted by atomic mass is 16.5. The van der Waals surface area contributed by atoms with Gasteiger partial charge in [-0.05, 0) is 43.0 Å². The molecule has 11 nitrogen and oxygen atoms in total. The number of methoxy groups -OCH3 is 1. The van der Waals surface area contributed by atoms with Gasteiger partial charge in [0, 0.05) is 0 Å². The molecule has 208 valence electrons. The molecule has 4 aromatic rings. The number of amides is 1. The van der Waals surface area contributed by atoms with E-state index in [1.54, 1.807) is 33.1 Å². The average molecular weight is 545 g/mol. The average Bonchev–Trinajstić information content (AvgIpc) is 3.46. The van der Waals surface area contributed by atoms with Crippen LogP contribution in [0.15, 0.2) is 70.0 Å². The van der Waals surface area contributed by atoms with Crippen LogP contribution in [0.1, 0.15) is 49.8 Å². The number of Topliss-reactive ketones (excluding diaryl/α,β-unsaturated/α-hetero) is 1. The Morgan fingerprint density at radius 3 is 2.38 bits per heavy atom. The Kier molecular flexibility index (Phi) is 8.13. The number of carbonyl (C=O) groups excluding carboxylic acids is 2. The summed E-state index contributed by atoms with van der Waals surface area (Å²) in [5.74, 6) is -0.889. The van der Waals surface area contributed by atoms with Gasteiger partial charge in [0.25, 0.3) is 11.4 Å². The fourth-order valence-corrected chi connectivity index (χ4v) is 4.24. The number of hydrogen-bond donors (Lipinski definition) is 2. The van der Waals surface area contributed by atoms with Crippen LogP contribution in [-0.4, -0.2) is 44.6 Å². The summed E-state index contributed by atoms with van der Waals surface area (Å²) >= 11 is 0. The van der Waals surface area contributed by atoms with Crippen LogP contribution < -0.4 is 21.3 Å². The number of nitrogen functional groups attached to an aromatic ring is 1. The van der Waals surface area contributed by atoms with Gasteiger partial charge in [0.05, 0.1) is 30.5 Å². The van der Waals surface area contributed by atoms with Gasteiger partial charge >= 0.3 is 0 Å². The van der Waals surface area contributed by atoms with Gasteiger partial charge in [-0.15, -0.1) is 10.2 Å². The van der Waals surface area contributed by atoms with Crippen LogP contribution in [0, 0.1) is 5.92 Å². The summed E-state index contributed by atoms with van der Waals surface area (Å²) in [5.41, 5.74) is 6.45. The Balaban J connectivity index is 1.55. The number of ether oxygens (including phenoxy) is 1. The van der Waals surface area contributed by atoms with Crippen molar-refractivity contribution in [2.75, 3.05) is 12.8 Å². The van der Waals surface area contributed by atoms with Gasteiger partial charge in [0.1, 0.15) is 12.3 Å². The lowest BCUT2D eigenvalue weighted by molar-refractivity contribution is -0.122. The van der Waals surface area contributed by atoms with Crippen molar-refractivity contribution in [3.8, 4) is 17.0 Å². The molecule has 4 rings (SSSR count). The number of rotatable bonds is 10. The highest BCUT2D eigenvalue weighted by Crippen LogP contribution is 2.31. The summed E-state index contributed by atoms with van der Waals surface area (Å²) in [6.45, 7) is 7.01. The molecule has 0 bridgehead atoms. The molecule has 2 aromatic heterocycles. The Labute approximate surface area is 231 Å². The quantitative estimate of drug-likeness (QED) is 0.286. The summed E-state index contributed by atoms with van der Waals surface area (Å²) in [7, 11) is 1.59. The van der Waals surface area contributed by atoms with E-state index in [2.05, 4.69) is 20.5 Å². The van der Waals surface area contributed by atoms with E-state index in [1.807, 2.05) is 56.3 Å². The Bertz CT molecular complexity index is 1560. The first-order valence-corrected chi connectivity index (χ1v) is 12.8. The van der Waals surface area contributed by atoms with Crippen molar-refractivity contribution in [1.29, 1.82) is 0 Å². The molecule has 1 atom stereocenters. The van der Waals surface area contributed by atoms with Gasteiger partial charge in [0.2, 0.25) is 17.6 Å². The standard InChI is InChI=1S/C29H32N6O5/c1-17(2)23(24(37)26-33-34-28(40-26)29(3,4)19-11-13-20(39-5)14-12-19)32-22(36)16-35-21(15-31-25(30)27(35)38)18-9-7-6-8-10-18/h6-15,17,23H,16H2,1-5H3,(H2,30,31)(H,32,36)/t23-/m1/s1. The Morgan fingerprint density at radius 2 is 1.75 bits per heavy atom. The van der Waals surface area contributed by atoms with Crippen LogP contribution in [0.25, 0.3) is 11.3 Å². The molecule has 40 heavy (non-hydrogen) atoms. The molecule has 0 fully saturated rings. The number of carbonyl (C=O) groups is 2. The zero-order chi connectivity index (χ0) is 29.0. The third-order valence-corrected chi connectivity index (χ3v) is 6.70. The highest BCUT2D eigenvalue weighted by Gasteiger charge is 2.34. The van der Waals surface area contributed by atoms with Crippen LogP contribution in [-0.2, 0) is 16.8 Å². The molecular weight excluding hydrogens is 512 g/mol. The fourth-order valence-electron chi connectivity index (χ4n) is 4.24. The number of benzene rings is 2. The smallest absolute Gasteiger partial charge is 0.294 e. The van der Waals surface area contributed by atoms with E-state index in [-0.39, 0.29) is 30.1 Å². The number of hydrogen-bond acceptors (Lipinski definition) is 9. The van der Waals surface area contributed by atoms with E-state index in [9.17, 15) is 14.4 Å². The molecular formula is C29H32N6O5. The van der Waals surface area contributed by atoms with Gasteiger partial charge in [-0.25, -0.2) is 4.98 Å². The van der Waals surface area contributed by atoms with Crippen LogP contribution >= 0.6 is 0 Å². The Morgan fingerprint density at radius 1 is 1.07 bits per heavy atom. The van der Waals surface area contributed by atoms with Crippen LogP contribution in [0.3, 0.4) is 0 Å². The monoisotopic (exact) mass is 544 g/mol. The third-order valence-electron chi connectivity index (χ3n) is 6.70. The van der Waals surface area contributed by atoms with E-state index >= 15 is 0 Å². The first kappa shape index (κ1) is 28.2. The Hall–Kier alpha value is -4.80. The molecule has 2 aromatic carbocycles. The maximum atomic E-state index is 13.4. The van der Waals surface area contributed by atoms with E-state index in [0.29, 0.717) is 17.0 Å². The first-order chi connectivity index (χ1) is 19.0. The van der Waals surface area contributed by atoms with Gasteiger partial charge < -0.3 is 20.2 Å². The van der Waals surface area contributed by atoms with Crippen molar-refractivity contribution in [2.24, 2.45) is 5.92 Å². The molecule has 3 N–H and O–H groups in total. The SMILES string of the molecule is COc1ccc(C(C)(C)c2nnc(C(=O)[C@H](NC(=O)Cn3c(-c4ccccc4)cnc(N)c3=O)C(C)C)o2)cc1.